The molecule has 1 heterocycles. The Morgan fingerprint density at radius 1 is 1.25 bits per heavy atom. The van der Waals surface area contributed by atoms with E-state index in [-0.39, 0.29) is 6.03 Å². The molecule has 0 atom stereocenters. The quantitative estimate of drug-likeness (QED) is 0.870. The zero-order chi connectivity index (χ0) is 14.5. The minimum absolute atomic E-state index is 0.118. The van der Waals surface area contributed by atoms with Crippen molar-refractivity contribution >= 4 is 23.5 Å². The number of piperidine rings is 1. The van der Waals surface area contributed by atoms with E-state index >= 15 is 0 Å². The molecule has 1 aliphatic heterocycles. The molecule has 4 nitrogen and oxygen atoms in total. The van der Waals surface area contributed by atoms with Crippen molar-refractivity contribution in [2.45, 2.75) is 23.8 Å². The monoisotopic (exact) mass is 293 g/mol. The average molecular weight is 293 g/mol. The van der Waals surface area contributed by atoms with E-state index in [0.717, 1.165) is 25.9 Å². The first-order chi connectivity index (χ1) is 9.60. The van der Waals surface area contributed by atoms with Gasteiger partial charge in [0.05, 0.1) is 0 Å². The molecule has 1 aromatic rings. The normalized spacial score (nSPS) is 16.1. The number of amides is 2. The molecule has 5 heteroatoms. The molecule has 0 aromatic heterocycles. The van der Waals surface area contributed by atoms with Crippen LogP contribution in [-0.4, -0.2) is 55.3 Å². The standard InChI is InChI=1S/C15H23N3OS/c1-17(2)15(19)18-10-8-13(9-11-18)16-12-4-6-14(20-3)7-5-12/h4-7,13,16H,8-11H2,1-3H3. The number of hydrogen-bond donors (Lipinski definition) is 1. The van der Waals surface area contributed by atoms with Gasteiger partial charge in [-0.1, -0.05) is 0 Å². The molecular weight excluding hydrogens is 270 g/mol. The van der Waals surface area contributed by atoms with Gasteiger partial charge in [-0.15, -0.1) is 11.8 Å². The highest BCUT2D eigenvalue weighted by Crippen LogP contribution is 2.20. The minimum Gasteiger partial charge on any atom is -0.382 e. The maximum atomic E-state index is 11.9. The third kappa shape index (κ3) is 3.82. The van der Waals surface area contributed by atoms with Crippen molar-refractivity contribution in [3.05, 3.63) is 24.3 Å². The number of likely N-dealkylation sites (tertiary alicyclic amines) is 1. The van der Waals surface area contributed by atoms with Crippen LogP contribution in [0.1, 0.15) is 12.8 Å². The molecule has 2 rings (SSSR count). The van der Waals surface area contributed by atoms with Gasteiger partial charge in [0, 0.05) is 43.8 Å². The second kappa shape index (κ2) is 6.88. The number of nitrogens with one attached hydrogen (secondary N) is 1. The van der Waals surface area contributed by atoms with Gasteiger partial charge in [-0.25, -0.2) is 4.79 Å². The van der Waals surface area contributed by atoms with Gasteiger partial charge in [-0.05, 0) is 43.4 Å². The van der Waals surface area contributed by atoms with Crippen molar-refractivity contribution in [3.63, 3.8) is 0 Å². The van der Waals surface area contributed by atoms with E-state index in [4.69, 9.17) is 0 Å². The van der Waals surface area contributed by atoms with Crippen LogP contribution in [-0.2, 0) is 0 Å². The number of urea groups is 1. The SMILES string of the molecule is CSc1ccc(NC2CCN(C(=O)N(C)C)CC2)cc1. The molecule has 1 fully saturated rings. The van der Waals surface area contributed by atoms with Crippen molar-refractivity contribution < 1.29 is 4.79 Å². The molecule has 0 radical (unpaired) electrons. The van der Waals surface area contributed by atoms with E-state index < -0.39 is 0 Å². The largest absolute Gasteiger partial charge is 0.382 e. The highest BCUT2D eigenvalue weighted by Gasteiger charge is 2.23. The number of rotatable bonds is 3. The number of thioether (sulfide) groups is 1. The molecule has 1 aromatic carbocycles. The van der Waals surface area contributed by atoms with E-state index in [0.29, 0.717) is 6.04 Å². The van der Waals surface area contributed by atoms with Gasteiger partial charge in [0.2, 0.25) is 0 Å². The minimum atomic E-state index is 0.118. The Bertz CT molecular complexity index is 439. The number of nitrogens with zero attached hydrogens (tertiary/aromatic N) is 2. The fraction of sp³-hybridized carbons (Fsp3) is 0.533. The first-order valence-electron chi connectivity index (χ1n) is 6.97. The fourth-order valence-corrected chi connectivity index (χ4v) is 2.83. The van der Waals surface area contributed by atoms with Crippen molar-refractivity contribution in [1.29, 1.82) is 0 Å². The smallest absolute Gasteiger partial charge is 0.319 e. The number of benzene rings is 1. The van der Waals surface area contributed by atoms with E-state index in [1.54, 1.807) is 30.8 Å². The molecule has 1 N–H and O–H groups in total. The van der Waals surface area contributed by atoms with Gasteiger partial charge in [0.1, 0.15) is 0 Å². The molecule has 0 unspecified atom stereocenters. The lowest BCUT2D eigenvalue weighted by Gasteiger charge is -2.34. The molecule has 0 bridgehead atoms. The number of anilines is 1. The van der Waals surface area contributed by atoms with Crippen LogP contribution >= 0.6 is 11.8 Å². The summed E-state index contributed by atoms with van der Waals surface area (Å²) in [4.78, 5) is 16.7. The first kappa shape index (κ1) is 15.0. The highest BCUT2D eigenvalue weighted by atomic mass is 32.2. The van der Waals surface area contributed by atoms with Gasteiger partial charge in [-0.3, -0.25) is 0 Å². The molecule has 0 spiro atoms. The van der Waals surface area contributed by atoms with Crippen LogP contribution in [0.4, 0.5) is 10.5 Å². The van der Waals surface area contributed by atoms with Gasteiger partial charge < -0.3 is 15.1 Å². The van der Waals surface area contributed by atoms with Crippen molar-refractivity contribution in [2.24, 2.45) is 0 Å². The van der Waals surface area contributed by atoms with Crippen molar-refractivity contribution in [1.82, 2.24) is 9.80 Å². The molecule has 0 aliphatic carbocycles. The zero-order valence-electron chi connectivity index (χ0n) is 12.4. The number of carbonyl (C=O) groups is 1. The first-order valence-corrected chi connectivity index (χ1v) is 8.19. The van der Waals surface area contributed by atoms with E-state index in [1.165, 1.54) is 10.6 Å². The molecule has 0 saturated carbocycles. The van der Waals surface area contributed by atoms with Crippen molar-refractivity contribution in [2.75, 3.05) is 38.8 Å². The van der Waals surface area contributed by atoms with E-state index in [2.05, 4.69) is 35.8 Å². The Labute approximate surface area is 125 Å². The Balaban J connectivity index is 1.83. The van der Waals surface area contributed by atoms with Crippen LogP contribution in [0.3, 0.4) is 0 Å². The highest BCUT2D eigenvalue weighted by molar-refractivity contribution is 7.98. The average Bonchev–Trinajstić information content (AvgIpc) is 2.48. The van der Waals surface area contributed by atoms with Crippen LogP contribution < -0.4 is 5.32 Å². The number of hydrogen-bond acceptors (Lipinski definition) is 3. The summed E-state index contributed by atoms with van der Waals surface area (Å²) in [6.07, 6.45) is 4.09. The molecule has 110 valence electrons. The molecule has 20 heavy (non-hydrogen) atoms. The van der Waals surface area contributed by atoms with Crippen LogP contribution in [0, 0.1) is 0 Å². The maximum absolute atomic E-state index is 11.9. The Hall–Kier alpha value is -1.36. The molecule has 1 saturated heterocycles. The lowest BCUT2D eigenvalue weighted by Crippen LogP contribution is -2.46. The third-order valence-electron chi connectivity index (χ3n) is 3.61. The molecule has 2 amide bonds. The fourth-order valence-electron chi connectivity index (χ4n) is 2.42. The summed E-state index contributed by atoms with van der Waals surface area (Å²) >= 11 is 1.75. The second-order valence-electron chi connectivity index (χ2n) is 5.31. The Kier molecular flexibility index (Phi) is 5.17. The zero-order valence-corrected chi connectivity index (χ0v) is 13.2. The predicted octanol–water partition coefficient (Wildman–Crippen LogP) is 2.97. The second-order valence-corrected chi connectivity index (χ2v) is 6.19. The van der Waals surface area contributed by atoms with Crippen LogP contribution in [0.5, 0.6) is 0 Å². The number of carbonyl (C=O) groups excluding carboxylic acids is 1. The molecule has 1 aliphatic rings. The summed E-state index contributed by atoms with van der Waals surface area (Å²) in [6.45, 7) is 1.66. The van der Waals surface area contributed by atoms with Gasteiger partial charge >= 0.3 is 6.03 Å². The summed E-state index contributed by atoms with van der Waals surface area (Å²) in [7, 11) is 3.61. The Morgan fingerprint density at radius 2 is 1.85 bits per heavy atom. The lowest BCUT2D eigenvalue weighted by molar-refractivity contribution is 0.158. The summed E-state index contributed by atoms with van der Waals surface area (Å²) < 4.78 is 0. The Morgan fingerprint density at radius 3 is 2.35 bits per heavy atom. The summed E-state index contributed by atoms with van der Waals surface area (Å²) in [5.41, 5.74) is 1.17. The van der Waals surface area contributed by atoms with Gasteiger partial charge in [0.15, 0.2) is 0 Å². The molecular formula is C15H23N3OS. The third-order valence-corrected chi connectivity index (χ3v) is 4.35. The van der Waals surface area contributed by atoms with Gasteiger partial charge in [-0.2, -0.15) is 0 Å². The van der Waals surface area contributed by atoms with Crippen LogP contribution in [0.15, 0.2) is 29.2 Å². The van der Waals surface area contributed by atoms with E-state index in [9.17, 15) is 4.79 Å². The van der Waals surface area contributed by atoms with Crippen LogP contribution in [0.25, 0.3) is 0 Å². The summed E-state index contributed by atoms with van der Waals surface area (Å²) in [6, 6.07) is 9.11. The topological polar surface area (TPSA) is 35.6 Å². The van der Waals surface area contributed by atoms with Crippen LogP contribution in [0.2, 0.25) is 0 Å². The maximum Gasteiger partial charge on any atom is 0.319 e. The predicted molar refractivity (Wildman–Crippen MR) is 85.5 cm³/mol. The lowest BCUT2D eigenvalue weighted by atomic mass is 10.0. The summed E-state index contributed by atoms with van der Waals surface area (Å²) in [5, 5.41) is 3.56. The van der Waals surface area contributed by atoms with E-state index in [1.807, 2.05) is 4.90 Å². The van der Waals surface area contributed by atoms with Crippen molar-refractivity contribution in [3.8, 4) is 0 Å². The summed E-state index contributed by atoms with van der Waals surface area (Å²) in [5.74, 6) is 0. The van der Waals surface area contributed by atoms with Gasteiger partial charge in [0.25, 0.3) is 0 Å².